The lowest BCUT2D eigenvalue weighted by atomic mass is 10.1. The van der Waals surface area contributed by atoms with Gasteiger partial charge in [-0.3, -0.25) is 0 Å². The van der Waals surface area contributed by atoms with E-state index in [9.17, 15) is 4.79 Å². The maximum absolute atomic E-state index is 11.0. The number of rotatable bonds is 6. The van der Waals surface area contributed by atoms with Crippen molar-refractivity contribution in [2.24, 2.45) is 0 Å². The van der Waals surface area contributed by atoms with Gasteiger partial charge in [0.15, 0.2) is 5.60 Å². The summed E-state index contributed by atoms with van der Waals surface area (Å²) < 4.78 is 10.5. The van der Waals surface area contributed by atoms with Crippen molar-refractivity contribution < 1.29 is 19.4 Å². The van der Waals surface area contributed by atoms with Gasteiger partial charge in [0.2, 0.25) is 0 Å². The molecule has 0 atom stereocenters. The topological polar surface area (TPSA) is 68.7 Å². The Morgan fingerprint density at radius 1 is 1.33 bits per heavy atom. The fraction of sp³-hybridized carbons (Fsp3) is 0.333. The number of nitrogens with zero attached hydrogens (tertiary/aromatic N) is 1. The van der Waals surface area contributed by atoms with Gasteiger partial charge in [-0.1, -0.05) is 0 Å². The molecule has 0 aliphatic rings. The molecule has 6 heteroatoms. The molecule has 21 heavy (non-hydrogen) atoms. The number of hydrogen-bond donors (Lipinski definition) is 1. The molecule has 1 heterocycles. The summed E-state index contributed by atoms with van der Waals surface area (Å²) in [4.78, 5) is 15.4. The third-order valence-electron chi connectivity index (χ3n) is 2.98. The largest absolute Gasteiger partial charge is 0.497 e. The molecule has 0 saturated heterocycles. The normalized spacial score (nSPS) is 11.4. The molecule has 0 bridgehead atoms. The first kappa shape index (κ1) is 15.5. The molecule has 112 valence electrons. The Morgan fingerprint density at radius 2 is 2.00 bits per heavy atom. The quantitative estimate of drug-likeness (QED) is 0.887. The molecule has 0 amide bonds. The first-order chi connectivity index (χ1) is 9.92. The van der Waals surface area contributed by atoms with E-state index >= 15 is 0 Å². The van der Waals surface area contributed by atoms with E-state index in [4.69, 9.17) is 14.6 Å². The third kappa shape index (κ3) is 3.80. The fourth-order valence-corrected chi connectivity index (χ4v) is 2.37. The highest BCUT2D eigenvalue weighted by Crippen LogP contribution is 2.26. The number of carbonyl (C=O) groups is 1. The average molecular weight is 307 g/mol. The summed E-state index contributed by atoms with van der Waals surface area (Å²) >= 11 is 1.50. The van der Waals surface area contributed by atoms with Crippen LogP contribution in [0.5, 0.6) is 5.75 Å². The molecule has 2 aromatic rings. The number of aromatic nitrogens is 1. The third-order valence-corrected chi connectivity index (χ3v) is 3.92. The second-order valence-electron chi connectivity index (χ2n) is 4.98. The van der Waals surface area contributed by atoms with Gasteiger partial charge in [-0.25, -0.2) is 9.78 Å². The van der Waals surface area contributed by atoms with Crippen molar-refractivity contribution in [1.29, 1.82) is 0 Å². The van der Waals surface area contributed by atoms with Crippen LogP contribution in [0.15, 0.2) is 29.6 Å². The van der Waals surface area contributed by atoms with Gasteiger partial charge in [0.05, 0.1) is 19.4 Å². The zero-order valence-electron chi connectivity index (χ0n) is 12.1. The number of methoxy groups -OCH3 is 1. The monoisotopic (exact) mass is 307 g/mol. The highest BCUT2D eigenvalue weighted by molar-refractivity contribution is 7.13. The molecule has 0 fully saturated rings. The second-order valence-corrected chi connectivity index (χ2v) is 5.83. The molecule has 0 aliphatic heterocycles. The number of ether oxygens (including phenoxy) is 2. The van der Waals surface area contributed by atoms with E-state index in [1.54, 1.807) is 7.11 Å². The minimum absolute atomic E-state index is 0.173. The van der Waals surface area contributed by atoms with Crippen molar-refractivity contribution in [3.8, 4) is 16.3 Å². The highest BCUT2D eigenvalue weighted by Gasteiger charge is 2.28. The van der Waals surface area contributed by atoms with E-state index in [2.05, 4.69) is 4.98 Å². The average Bonchev–Trinajstić information content (AvgIpc) is 2.94. The van der Waals surface area contributed by atoms with E-state index in [0.29, 0.717) is 0 Å². The predicted molar refractivity (Wildman–Crippen MR) is 80.6 cm³/mol. The molecule has 0 unspecified atom stereocenters. The number of carboxylic acid groups (broad SMARTS) is 1. The van der Waals surface area contributed by atoms with Crippen LogP contribution in [0.3, 0.4) is 0 Å². The van der Waals surface area contributed by atoms with E-state index in [-0.39, 0.29) is 6.61 Å². The Hall–Kier alpha value is -1.92. The highest BCUT2D eigenvalue weighted by atomic mass is 32.1. The second kappa shape index (κ2) is 6.24. The smallest absolute Gasteiger partial charge is 0.335 e. The zero-order valence-corrected chi connectivity index (χ0v) is 12.9. The Bertz CT molecular complexity index is 619. The van der Waals surface area contributed by atoms with Crippen LogP contribution in [0.4, 0.5) is 0 Å². The molecule has 1 aromatic heterocycles. The molecule has 0 aliphatic carbocycles. The van der Waals surface area contributed by atoms with Gasteiger partial charge in [0.1, 0.15) is 10.8 Å². The maximum Gasteiger partial charge on any atom is 0.335 e. The van der Waals surface area contributed by atoms with Crippen LogP contribution in [0.1, 0.15) is 19.5 Å². The molecule has 1 aromatic carbocycles. The van der Waals surface area contributed by atoms with E-state index in [1.165, 1.54) is 25.2 Å². The lowest BCUT2D eigenvalue weighted by Crippen LogP contribution is -2.34. The summed E-state index contributed by atoms with van der Waals surface area (Å²) in [7, 11) is 1.62. The van der Waals surface area contributed by atoms with Crippen LogP contribution < -0.4 is 4.74 Å². The Labute approximate surface area is 127 Å². The fourth-order valence-electron chi connectivity index (χ4n) is 1.56. The molecule has 0 spiro atoms. The van der Waals surface area contributed by atoms with Gasteiger partial charge in [-0.2, -0.15) is 0 Å². The van der Waals surface area contributed by atoms with Crippen LogP contribution >= 0.6 is 11.3 Å². The lowest BCUT2D eigenvalue weighted by Gasteiger charge is -2.19. The summed E-state index contributed by atoms with van der Waals surface area (Å²) in [5.41, 5.74) is 0.494. The Morgan fingerprint density at radius 3 is 2.57 bits per heavy atom. The van der Waals surface area contributed by atoms with Crippen molar-refractivity contribution in [3.63, 3.8) is 0 Å². The van der Waals surface area contributed by atoms with Crippen LogP contribution in [0.2, 0.25) is 0 Å². The van der Waals surface area contributed by atoms with Crippen LogP contribution in [0, 0.1) is 0 Å². The molecule has 1 N–H and O–H groups in total. The van der Waals surface area contributed by atoms with Crippen LogP contribution in [-0.2, 0) is 16.1 Å². The van der Waals surface area contributed by atoms with Gasteiger partial charge < -0.3 is 14.6 Å². The molecule has 5 nitrogen and oxygen atoms in total. The summed E-state index contributed by atoms with van der Waals surface area (Å²) in [6.07, 6.45) is 0. The van der Waals surface area contributed by atoms with Gasteiger partial charge in [-0.05, 0) is 38.1 Å². The van der Waals surface area contributed by atoms with Gasteiger partial charge in [0, 0.05) is 10.9 Å². The minimum atomic E-state index is -1.22. The van der Waals surface area contributed by atoms with Crippen molar-refractivity contribution in [2.45, 2.75) is 26.1 Å². The minimum Gasteiger partial charge on any atom is -0.497 e. The van der Waals surface area contributed by atoms with Crippen molar-refractivity contribution >= 4 is 17.3 Å². The predicted octanol–water partition coefficient (Wildman–Crippen LogP) is 3.20. The molecule has 2 rings (SSSR count). The standard InChI is InChI=1S/C15H17NO4S/c1-15(2,14(17)18)20-8-11-9-21-13(16-11)10-4-6-12(19-3)7-5-10/h4-7,9H,8H2,1-3H3,(H,17,18). The van der Waals surface area contributed by atoms with Crippen molar-refractivity contribution in [1.82, 2.24) is 4.98 Å². The molecule has 0 saturated carbocycles. The number of benzene rings is 1. The first-order valence-electron chi connectivity index (χ1n) is 6.38. The summed E-state index contributed by atoms with van der Waals surface area (Å²) in [6.45, 7) is 3.21. The van der Waals surface area contributed by atoms with Crippen molar-refractivity contribution in [3.05, 3.63) is 35.3 Å². The van der Waals surface area contributed by atoms with E-state index < -0.39 is 11.6 Å². The lowest BCUT2D eigenvalue weighted by molar-refractivity contribution is -0.162. The number of hydrogen-bond acceptors (Lipinski definition) is 5. The van der Waals surface area contributed by atoms with Gasteiger partial charge in [0.25, 0.3) is 0 Å². The molecular formula is C15H17NO4S. The van der Waals surface area contributed by atoms with E-state index in [1.807, 2.05) is 29.6 Å². The van der Waals surface area contributed by atoms with Crippen molar-refractivity contribution in [2.75, 3.05) is 7.11 Å². The summed E-state index contributed by atoms with van der Waals surface area (Å²) in [5.74, 6) is -0.199. The first-order valence-corrected chi connectivity index (χ1v) is 7.26. The number of carboxylic acids is 1. The maximum atomic E-state index is 11.0. The molecule has 0 radical (unpaired) electrons. The van der Waals surface area contributed by atoms with Gasteiger partial charge in [-0.15, -0.1) is 11.3 Å². The van der Waals surface area contributed by atoms with Crippen LogP contribution in [-0.4, -0.2) is 28.8 Å². The summed E-state index contributed by atoms with van der Waals surface area (Å²) in [6, 6.07) is 7.62. The number of aliphatic carboxylic acids is 1. The SMILES string of the molecule is COc1ccc(-c2nc(COC(C)(C)C(=O)O)cs2)cc1. The van der Waals surface area contributed by atoms with Crippen LogP contribution in [0.25, 0.3) is 10.6 Å². The van der Waals surface area contributed by atoms with Gasteiger partial charge >= 0.3 is 5.97 Å². The zero-order chi connectivity index (χ0) is 15.5. The Balaban J connectivity index is 2.05. The van der Waals surface area contributed by atoms with E-state index in [0.717, 1.165) is 22.0 Å². The molecular weight excluding hydrogens is 290 g/mol. The Kier molecular flexibility index (Phi) is 4.59. The number of thiazole rings is 1. The summed E-state index contributed by atoms with van der Waals surface area (Å²) in [5, 5.41) is 11.7.